The zero-order chi connectivity index (χ0) is 37.8. The molecule has 0 radical (unpaired) electrons. The Labute approximate surface area is 307 Å². The highest BCUT2D eigenvalue weighted by molar-refractivity contribution is 7.45. The van der Waals surface area contributed by atoms with Gasteiger partial charge >= 0.3 is 20.7 Å². The van der Waals surface area contributed by atoms with Crippen molar-refractivity contribution in [2.75, 3.05) is 18.9 Å². The average Bonchev–Trinajstić information content (AvgIpc) is 3.69. The van der Waals surface area contributed by atoms with Gasteiger partial charge in [0.1, 0.15) is 24.6 Å². The normalized spacial score (nSPS) is 18.4. The number of ether oxygens (including phenoxy) is 3. The number of nitrogens with two attached hydrogens (primary N) is 1. The van der Waals surface area contributed by atoms with Gasteiger partial charge < -0.3 is 29.0 Å². The number of rotatable bonds is 15. The summed E-state index contributed by atoms with van der Waals surface area (Å²) < 4.78 is 72.0. The third kappa shape index (κ3) is 11.1. The Hall–Kier alpha value is -3.75. The maximum atomic E-state index is 13.5. The molecule has 4 aromatic rings. The molecule has 0 aliphatic carbocycles. The van der Waals surface area contributed by atoms with Crippen LogP contribution in [0.5, 0.6) is 11.6 Å². The Morgan fingerprint density at radius 3 is 2.52 bits per heavy atom. The van der Waals surface area contributed by atoms with Gasteiger partial charge in [0.15, 0.2) is 11.2 Å². The molecule has 1 aliphatic heterocycles. The molecule has 3 heterocycles. The van der Waals surface area contributed by atoms with Gasteiger partial charge in [0.25, 0.3) is 0 Å². The van der Waals surface area contributed by atoms with E-state index < -0.39 is 45.1 Å². The molecular weight excluding hydrogens is 724 g/mol. The topological polar surface area (TPSA) is 145 Å². The number of fused-ring (bicyclic) bond motifs is 1. The lowest BCUT2D eigenvalue weighted by Crippen LogP contribution is -2.36. The summed E-state index contributed by atoms with van der Waals surface area (Å²) in [5.41, 5.74) is 5.87. The number of nitrogen functional groups attached to an aromatic ring is 1. The molecular formula is C35H45ClF3N6O6P. The van der Waals surface area contributed by atoms with E-state index in [1.807, 2.05) is 20.8 Å². The Morgan fingerprint density at radius 1 is 1.13 bits per heavy atom. The second-order valence-corrected chi connectivity index (χ2v) is 13.7. The highest BCUT2D eigenvalue weighted by atomic mass is 35.5. The first-order chi connectivity index (χ1) is 24.9. The Balaban J connectivity index is 0.00000195. The van der Waals surface area contributed by atoms with Gasteiger partial charge in [-0.3, -0.25) is 9.36 Å². The number of nitrogens with zero attached hydrogens (tertiary/aromatic N) is 4. The molecule has 1 fully saturated rings. The molecule has 52 heavy (non-hydrogen) atoms. The van der Waals surface area contributed by atoms with Gasteiger partial charge in [-0.05, 0) is 50.1 Å². The van der Waals surface area contributed by atoms with E-state index in [1.54, 1.807) is 35.2 Å². The summed E-state index contributed by atoms with van der Waals surface area (Å²) in [6, 6.07) is 10.6. The number of carbonyl (C=O) groups excluding carboxylic acids is 1. The van der Waals surface area contributed by atoms with Crippen molar-refractivity contribution in [3.8, 4) is 11.6 Å². The molecule has 0 amide bonds. The first-order valence-corrected chi connectivity index (χ1v) is 18.7. The number of imidazole rings is 1. The van der Waals surface area contributed by atoms with Crippen LogP contribution in [0.25, 0.3) is 11.2 Å². The van der Waals surface area contributed by atoms with Crippen LogP contribution in [-0.2, 0) is 31.6 Å². The maximum absolute atomic E-state index is 13.5. The second kappa shape index (κ2) is 19.4. The maximum Gasteiger partial charge on any atom is 0.416 e. The minimum Gasteiger partial charge on any atom is -0.476 e. The molecule has 5 unspecified atom stereocenters. The highest BCUT2D eigenvalue weighted by Gasteiger charge is 2.37. The summed E-state index contributed by atoms with van der Waals surface area (Å²) in [4.78, 5) is 26.2. The first-order valence-electron chi connectivity index (χ1n) is 17.1. The van der Waals surface area contributed by atoms with Crippen LogP contribution in [-0.4, -0.2) is 50.8 Å². The van der Waals surface area contributed by atoms with Gasteiger partial charge in [0.05, 0.1) is 31.2 Å². The van der Waals surface area contributed by atoms with E-state index in [4.69, 9.17) is 40.6 Å². The van der Waals surface area contributed by atoms with Crippen LogP contribution in [0.1, 0.15) is 77.7 Å². The zero-order valence-corrected chi connectivity index (χ0v) is 31.4. The quantitative estimate of drug-likeness (QED) is 0.0886. The molecule has 5 atom stereocenters. The van der Waals surface area contributed by atoms with Gasteiger partial charge in [-0.1, -0.05) is 70.3 Å². The van der Waals surface area contributed by atoms with Crippen LogP contribution in [0, 0.1) is 5.92 Å². The summed E-state index contributed by atoms with van der Waals surface area (Å²) in [5.74, 6) is 0.0484. The SMILES string of the molecule is CCC.CCCC(NP(OCC1CC(C)C(n2cnc3c(OCC)nc(N)nc32)O1)Oc1ccc(Cl)cc1)C(=O)OCc1ccccc1C(F)(F)F. The molecule has 17 heteroatoms. The first kappa shape index (κ1) is 41.0. The van der Waals surface area contributed by atoms with Crippen molar-refractivity contribution in [1.29, 1.82) is 0 Å². The fourth-order valence-corrected chi connectivity index (χ4v) is 6.76. The summed E-state index contributed by atoms with van der Waals surface area (Å²) in [5, 5.41) is 3.60. The van der Waals surface area contributed by atoms with E-state index in [1.165, 1.54) is 24.6 Å². The molecule has 1 aliphatic rings. The molecule has 3 N–H and O–H groups in total. The Bertz CT molecular complexity index is 1730. The van der Waals surface area contributed by atoms with Crippen LogP contribution in [0.3, 0.4) is 0 Å². The van der Waals surface area contributed by atoms with Crippen LogP contribution in [0.2, 0.25) is 5.02 Å². The molecule has 0 saturated carbocycles. The molecule has 5 rings (SSSR count). The van der Waals surface area contributed by atoms with Crippen LogP contribution < -0.4 is 20.1 Å². The highest BCUT2D eigenvalue weighted by Crippen LogP contribution is 2.41. The standard InChI is InChI=1S/C32H37ClF3N6O6P.C3H8/c1-4-8-25(30(43)45-16-20-9-6-7-10-24(20)32(34,35)36)41-49(48-22-13-11-21(33)12-14-22)46-17-23-15-19(3)29(47-23)42-18-38-26-27(42)39-31(37)40-28(26)44-5-2;1-3-2/h6-7,9-14,18-19,23,25,29,41H,4-5,8,15-17H2,1-3H3,(H2,37,39,40);3H2,1-2H3. The van der Waals surface area contributed by atoms with Gasteiger partial charge in [-0.15, -0.1) is 0 Å². The van der Waals surface area contributed by atoms with Crippen molar-refractivity contribution in [2.45, 2.75) is 91.5 Å². The van der Waals surface area contributed by atoms with E-state index in [9.17, 15) is 18.0 Å². The lowest BCUT2D eigenvalue weighted by molar-refractivity contribution is -0.149. The van der Waals surface area contributed by atoms with Crippen molar-refractivity contribution < 1.29 is 41.2 Å². The van der Waals surface area contributed by atoms with Crippen molar-refractivity contribution >= 4 is 43.2 Å². The summed E-state index contributed by atoms with van der Waals surface area (Å²) in [6.07, 6.45) is -1.05. The van der Waals surface area contributed by atoms with E-state index in [2.05, 4.69) is 33.9 Å². The second-order valence-electron chi connectivity index (χ2n) is 12.0. The lowest BCUT2D eigenvalue weighted by atomic mass is 10.1. The van der Waals surface area contributed by atoms with Crippen molar-refractivity contribution in [1.82, 2.24) is 24.6 Å². The Morgan fingerprint density at radius 2 is 1.85 bits per heavy atom. The smallest absolute Gasteiger partial charge is 0.416 e. The molecule has 0 spiro atoms. The minimum absolute atomic E-state index is 0.0245. The van der Waals surface area contributed by atoms with Crippen molar-refractivity contribution in [3.63, 3.8) is 0 Å². The van der Waals surface area contributed by atoms with E-state index in [-0.39, 0.29) is 36.0 Å². The lowest BCUT2D eigenvalue weighted by Gasteiger charge is -2.25. The minimum atomic E-state index is -4.59. The summed E-state index contributed by atoms with van der Waals surface area (Å²) in [7, 11) is -1.98. The molecule has 0 bridgehead atoms. The number of alkyl halides is 3. The fraction of sp³-hybridized carbons (Fsp3) is 0.486. The van der Waals surface area contributed by atoms with Gasteiger partial charge in [-0.2, -0.15) is 23.1 Å². The third-order valence-corrected chi connectivity index (χ3v) is 9.15. The molecule has 2 aromatic carbocycles. The van der Waals surface area contributed by atoms with Crippen LogP contribution in [0.15, 0.2) is 54.9 Å². The molecule has 2 aromatic heterocycles. The van der Waals surface area contributed by atoms with E-state index >= 15 is 0 Å². The Kier molecular flexibility index (Phi) is 15.3. The number of carbonyl (C=O) groups is 1. The van der Waals surface area contributed by atoms with Crippen molar-refractivity contribution in [2.24, 2.45) is 5.92 Å². The molecule has 284 valence electrons. The number of hydrogen-bond donors (Lipinski definition) is 2. The molecule has 1 saturated heterocycles. The number of halogens is 4. The van der Waals surface area contributed by atoms with Crippen LogP contribution in [0.4, 0.5) is 19.1 Å². The van der Waals surface area contributed by atoms with Gasteiger partial charge in [0, 0.05) is 16.5 Å². The number of nitrogens with one attached hydrogen (secondary N) is 1. The summed E-state index contributed by atoms with van der Waals surface area (Å²) in [6.45, 7) is 9.90. The third-order valence-electron chi connectivity index (χ3n) is 7.61. The largest absolute Gasteiger partial charge is 0.476 e. The van der Waals surface area contributed by atoms with Crippen molar-refractivity contribution in [3.05, 3.63) is 71.0 Å². The average molecular weight is 769 g/mol. The predicted octanol–water partition coefficient (Wildman–Crippen LogP) is 8.64. The number of anilines is 1. The van der Waals surface area contributed by atoms with E-state index in [0.29, 0.717) is 47.8 Å². The zero-order valence-electron chi connectivity index (χ0n) is 29.7. The van der Waals surface area contributed by atoms with Gasteiger partial charge in [0.2, 0.25) is 11.8 Å². The fourth-order valence-electron chi connectivity index (χ4n) is 5.35. The van der Waals surface area contributed by atoms with Gasteiger partial charge in [-0.25, -0.2) is 10.1 Å². The predicted molar refractivity (Wildman–Crippen MR) is 193 cm³/mol. The number of benzene rings is 2. The number of esters is 1. The summed E-state index contributed by atoms with van der Waals surface area (Å²) >= 11 is 6.05. The number of aromatic nitrogens is 4. The van der Waals surface area contributed by atoms with E-state index in [0.717, 1.165) is 6.07 Å². The number of hydrogen-bond acceptors (Lipinski definition) is 11. The van der Waals surface area contributed by atoms with Crippen LogP contribution >= 0.6 is 20.1 Å². The molecule has 12 nitrogen and oxygen atoms in total. The monoisotopic (exact) mass is 768 g/mol.